The number of thiazole rings is 1. The van der Waals surface area contributed by atoms with Gasteiger partial charge >= 0.3 is 0 Å². The molecule has 1 atom stereocenters. The van der Waals surface area contributed by atoms with Crippen LogP contribution in [0.3, 0.4) is 0 Å². The molecule has 0 saturated carbocycles. The first-order valence-electron chi connectivity index (χ1n) is 6.93. The predicted octanol–water partition coefficient (Wildman–Crippen LogP) is 1.99. The number of carbonyl (C=O) groups excluding carboxylic acids is 1. The summed E-state index contributed by atoms with van der Waals surface area (Å²) in [7, 11) is 0. The third-order valence-electron chi connectivity index (χ3n) is 3.49. The zero-order valence-corrected chi connectivity index (χ0v) is 12.7. The van der Waals surface area contributed by atoms with Gasteiger partial charge in [-0.15, -0.1) is 11.3 Å². The molecule has 6 heteroatoms. The molecule has 0 bridgehead atoms. The van der Waals surface area contributed by atoms with Gasteiger partial charge in [-0.1, -0.05) is 6.07 Å². The Morgan fingerprint density at radius 1 is 1.52 bits per heavy atom. The highest BCUT2D eigenvalue weighted by Crippen LogP contribution is 2.26. The van der Waals surface area contributed by atoms with Gasteiger partial charge in [0.2, 0.25) is 5.91 Å². The lowest BCUT2D eigenvalue weighted by atomic mass is 10.1. The number of ether oxygens (including phenoxy) is 1. The summed E-state index contributed by atoms with van der Waals surface area (Å²) in [5, 5.41) is 3.02. The summed E-state index contributed by atoms with van der Waals surface area (Å²) in [4.78, 5) is 23.2. The zero-order valence-electron chi connectivity index (χ0n) is 11.9. The van der Waals surface area contributed by atoms with Gasteiger partial charge in [0.05, 0.1) is 36.4 Å². The van der Waals surface area contributed by atoms with Crippen molar-refractivity contribution in [2.24, 2.45) is 0 Å². The van der Waals surface area contributed by atoms with Gasteiger partial charge in [0.25, 0.3) is 0 Å². The van der Waals surface area contributed by atoms with Crippen molar-refractivity contribution in [1.82, 2.24) is 14.9 Å². The molecule has 0 spiro atoms. The van der Waals surface area contributed by atoms with Crippen LogP contribution in [0.5, 0.6) is 0 Å². The number of amides is 1. The maximum Gasteiger partial charge on any atom is 0.229 e. The molecule has 1 unspecified atom stereocenters. The van der Waals surface area contributed by atoms with Crippen LogP contribution in [-0.2, 0) is 16.0 Å². The number of aromatic nitrogens is 2. The van der Waals surface area contributed by atoms with E-state index in [0.717, 1.165) is 16.4 Å². The number of hydrogen-bond donors (Lipinski definition) is 0. The number of carbonyl (C=O) groups is 1. The van der Waals surface area contributed by atoms with E-state index in [0.29, 0.717) is 26.2 Å². The van der Waals surface area contributed by atoms with Crippen molar-refractivity contribution in [2.75, 3.05) is 19.8 Å². The molecule has 2 aromatic heterocycles. The number of aryl methyl sites for hydroxylation is 1. The molecule has 21 heavy (non-hydrogen) atoms. The van der Waals surface area contributed by atoms with Crippen LogP contribution < -0.4 is 0 Å². The largest absolute Gasteiger partial charge is 0.377 e. The second-order valence-electron chi connectivity index (χ2n) is 4.97. The van der Waals surface area contributed by atoms with Crippen molar-refractivity contribution < 1.29 is 9.53 Å². The van der Waals surface area contributed by atoms with Gasteiger partial charge in [-0.2, -0.15) is 0 Å². The second-order valence-corrected chi connectivity index (χ2v) is 6.03. The van der Waals surface area contributed by atoms with Gasteiger partial charge in [-0.25, -0.2) is 4.98 Å². The van der Waals surface area contributed by atoms with Crippen molar-refractivity contribution in [3.8, 4) is 0 Å². The molecular formula is C15H17N3O2S. The first-order chi connectivity index (χ1) is 10.2. The molecule has 3 rings (SSSR count). The lowest BCUT2D eigenvalue weighted by Crippen LogP contribution is -2.44. The number of hydrogen-bond acceptors (Lipinski definition) is 5. The predicted molar refractivity (Wildman–Crippen MR) is 80.1 cm³/mol. The number of morpholine rings is 1. The Hall–Kier alpha value is -1.79. The zero-order chi connectivity index (χ0) is 14.7. The van der Waals surface area contributed by atoms with E-state index in [-0.39, 0.29) is 11.9 Å². The van der Waals surface area contributed by atoms with Crippen molar-refractivity contribution in [1.29, 1.82) is 0 Å². The average molecular weight is 303 g/mol. The van der Waals surface area contributed by atoms with E-state index >= 15 is 0 Å². The third-order valence-corrected chi connectivity index (χ3v) is 4.28. The van der Waals surface area contributed by atoms with Crippen LogP contribution in [-0.4, -0.2) is 40.5 Å². The summed E-state index contributed by atoms with van der Waals surface area (Å²) in [6, 6.07) is 5.54. The molecule has 5 nitrogen and oxygen atoms in total. The molecule has 110 valence electrons. The van der Waals surface area contributed by atoms with Crippen LogP contribution in [0.1, 0.15) is 22.4 Å². The Morgan fingerprint density at radius 2 is 2.43 bits per heavy atom. The highest BCUT2D eigenvalue weighted by molar-refractivity contribution is 7.09. The first kappa shape index (κ1) is 14.2. The molecule has 1 amide bonds. The molecule has 0 radical (unpaired) electrons. The van der Waals surface area contributed by atoms with Crippen molar-refractivity contribution in [3.63, 3.8) is 0 Å². The highest BCUT2D eigenvalue weighted by Gasteiger charge is 2.30. The van der Waals surface area contributed by atoms with Gasteiger partial charge in [-0.3, -0.25) is 9.78 Å². The molecule has 0 aromatic carbocycles. The van der Waals surface area contributed by atoms with Gasteiger partial charge in [-0.05, 0) is 19.1 Å². The van der Waals surface area contributed by atoms with Crippen LogP contribution in [0.4, 0.5) is 0 Å². The molecular weight excluding hydrogens is 286 g/mol. The number of pyridine rings is 1. The highest BCUT2D eigenvalue weighted by atomic mass is 32.1. The smallest absolute Gasteiger partial charge is 0.229 e. The Labute approximate surface area is 127 Å². The minimum Gasteiger partial charge on any atom is -0.377 e. The normalized spacial score (nSPS) is 18.7. The summed E-state index contributed by atoms with van der Waals surface area (Å²) in [5.41, 5.74) is 1.72. The van der Waals surface area contributed by atoms with Crippen LogP contribution in [0, 0.1) is 6.92 Å². The van der Waals surface area contributed by atoms with E-state index in [9.17, 15) is 4.79 Å². The monoisotopic (exact) mass is 303 g/mol. The topological polar surface area (TPSA) is 55.3 Å². The van der Waals surface area contributed by atoms with E-state index in [2.05, 4.69) is 9.97 Å². The molecule has 0 N–H and O–H groups in total. The Kier molecular flexibility index (Phi) is 4.26. The Morgan fingerprint density at radius 3 is 3.14 bits per heavy atom. The molecule has 3 heterocycles. The van der Waals surface area contributed by atoms with Gasteiger partial charge in [0.1, 0.15) is 0 Å². The Balaban J connectivity index is 1.76. The first-order valence-corrected chi connectivity index (χ1v) is 7.81. The lowest BCUT2D eigenvalue weighted by molar-refractivity contribution is -0.139. The average Bonchev–Trinajstić information content (AvgIpc) is 2.95. The summed E-state index contributed by atoms with van der Waals surface area (Å²) >= 11 is 1.60. The van der Waals surface area contributed by atoms with E-state index in [1.165, 1.54) is 0 Å². The van der Waals surface area contributed by atoms with Crippen LogP contribution >= 0.6 is 11.3 Å². The van der Waals surface area contributed by atoms with E-state index in [4.69, 9.17) is 4.74 Å². The SMILES string of the molecule is Cc1nc(C2COCCN2C(=O)Cc2ccccn2)cs1. The quantitative estimate of drug-likeness (QED) is 0.870. The standard InChI is InChI=1S/C15H17N3O2S/c1-11-17-13(10-21-11)14-9-20-7-6-18(14)15(19)8-12-4-2-3-5-16-12/h2-5,10,14H,6-9H2,1H3. The molecule has 1 aliphatic heterocycles. The molecule has 2 aromatic rings. The molecule has 1 aliphatic rings. The van der Waals surface area contributed by atoms with Crippen LogP contribution in [0.2, 0.25) is 0 Å². The fourth-order valence-electron chi connectivity index (χ4n) is 2.44. The van der Waals surface area contributed by atoms with E-state index in [1.807, 2.05) is 35.4 Å². The summed E-state index contributed by atoms with van der Waals surface area (Å²) in [5.74, 6) is 0.0765. The van der Waals surface area contributed by atoms with Crippen LogP contribution in [0.25, 0.3) is 0 Å². The summed E-state index contributed by atoms with van der Waals surface area (Å²) < 4.78 is 5.53. The van der Waals surface area contributed by atoms with E-state index < -0.39 is 0 Å². The molecule has 1 fully saturated rings. The second kappa shape index (κ2) is 6.32. The number of rotatable bonds is 3. The van der Waals surface area contributed by atoms with Gasteiger partial charge < -0.3 is 9.64 Å². The fourth-order valence-corrected chi connectivity index (χ4v) is 3.10. The van der Waals surface area contributed by atoms with Gasteiger partial charge in [0, 0.05) is 23.8 Å². The Bertz CT molecular complexity index is 614. The van der Waals surface area contributed by atoms with Gasteiger partial charge in [0.15, 0.2) is 0 Å². The van der Waals surface area contributed by atoms with Crippen LogP contribution in [0.15, 0.2) is 29.8 Å². The fraction of sp³-hybridized carbons (Fsp3) is 0.400. The van der Waals surface area contributed by atoms with Crippen molar-refractivity contribution in [3.05, 3.63) is 46.2 Å². The van der Waals surface area contributed by atoms with Crippen molar-refractivity contribution >= 4 is 17.2 Å². The maximum absolute atomic E-state index is 12.6. The maximum atomic E-state index is 12.6. The molecule has 0 aliphatic carbocycles. The van der Waals surface area contributed by atoms with Crippen molar-refractivity contribution in [2.45, 2.75) is 19.4 Å². The summed E-state index contributed by atoms with van der Waals surface area (Å²) in [6.45, 7) is 3.66. The van der Waals surface area contributed by atoms with E-state index in [1.54, 1.807) is 17.5 Å². The third kappa shape index (κ3) is 3.28. The minimum absolute atomic E-state index is 0.0765. The lowest BCUT2D eigenvalue weighted by Gasteiger charge is -2.34. The minimum atomic E-state index is -0.0834. The number of nitrogens with zero attached hydrogens (tertiary/aromatic N) is 3. The molecule has 1 saturated heterocycles. The summed E-state index contributed by atoms with van der Waals surface area (Å²) in [6.07, 6.45) is 2.03.